The molecule has 0 saturated carbocycles. The summed E-state index contributed by atoms with van der Waals surface area (Å²) in [5.74, 6) is -0.178. The fourth-order valence-corrected chi connectivity index (χ4v) is 1.84. The van der Waals surface area contributed by atoms with E-state index in [1.165, 1.54) is 19.1 Å². The van der Waals surface area contributed by atoms with Crippen LogP contribution in [0.25, 0.3) is 0 Å². The summed E-state index contributed by atoms with van der Waals surface area (Å²) >= 11 is 0. The summed E-state index contributed by atoms with van der Waals surface area (Å²) < 4.78 is 15.8. The number of hydrogen-bond donors (Lipinski definition) is 0. The molecule has 5 nitrogen and oxygen atoms in total. The second-order valence-electron chi connectivity index (χ2n) is 4.36. The van der Waals surface area contributed by atoms with Crippen molar-refractivity contribution >= 4 is 11.9 Å². The zero-order valence-electron chi connectivity index (χ0n) is 12.4. The van der Waals surface area contributed by atoms with Gasteiger partial charge in [0.05, 0.1) is 6.61 Å². The molecule has 2 aromatic carbocycles. The third kappa shape index (κ3) is 3.85. The minimum Gasteiger partial charge on any atom is -0.490 e. The zero-order valence-corrected chi connectivity index (χ0v) is 12.4. The van der Waals surface area contributed by atoms with Gasteiger partial charge in [0.1, 0.15) is 11.3 Å². The van der Waals surface area contributed by atoms with Gasteiger partial charge in [-0.3, -0.25) is 4.79 Å². The minimum atomic E-state index is -0.621. The number of carbonyl (C=O) groups is 2. The number of esters is 2. The predicted molar refractivity (Wildman–Crippen MR) is 80.3 cm³/mol. The van der Waals surface area contributed by atoms with E-state index in [1.54, 1.807) is 36.4 Å². The van der Waals surface area contributed by atoms with E-state index in [1.807, 2.05) is 6.92 Å². The van der Waals surface area contributed by atoms with Gasteiger partial charge in [-0.1, -0.05) is 24.3 Å². The molecule has 2 rings (SSSR count). The van der Waals surface area contributed by atoms with Gasteiger partial charge in [0, 0.05) is 6.92 Å². The summed E-state index contributed by atoms with van der Waals surface area (Å²) in [7, 11) is 0. The van der Waals surface area contributed by atoms with Crippen LogP contribution < -0.4 is 14.2 Å². The third-order valence-corrected chi connectivity index (χ3v) is 2.71. The first kappa shape index (κ1) is 15.6. The first-order chi connectivity index (χ1) is 10.6. The Hall–Kier alpha value is -2.82. The van der Waals surface area contributed by atoms with Gasteiger partial charge in [0.2, 0.25) is 0 Å². The molecule has 0 radical (unpaired) electrons. The van der Waals surface area contributed by atoms with Gasteiger partial charge in [0.25, 0.3) is 0 Å². The van der Waals surface area contributed by atoms with Gasteiger partial charge in [-0.15, -0.1) is 0 Å². The van der Waals surface area contributed by atoms with Crippen LogP contribution in [-0.4, -0.2) is 18.5 Å². The standard InChI is InChI=1S/C17H16O5/c1-3-20-15-10-6-7-11-16(15)22-17(19)13-8-4-5-9-14(13)21-12(2)18/h4-11H,3H2,1-2H3. The first-order valence-corrected chi connectivity index (χ1v) is 6.83. The fourth-order valence-electron chi connectivity index (χ4n) is 1.84. The van der Waals surface area contributed by atoms with E-state index in [0.717, 1.165) is 0 Å². The van der Waals surface area contributed by atoms with Crippen molar-refractivity contribution in [3.8, 4) is 17.2 Å². The summed E-state index contributed by atoms with van der Waals surface area (Å²) in [5.41, 5.74) is 0.170. The van der Waals surface area contributed by atoms with Crippen molar-refractivity contribution in [2.45, 2.75) is 13.8 Å². The van der Waals surface area contributed by atoms with Crippen LogP contribution in [0.2, 0.25) is 0 Å². The molecule has 0 bridgehead atoms. The molecule has 0 fully saturated rings. The Morgan fingerprint density at radius 2 is 1.45 bits per heavy atom. The quantitative estimate of drug-likeness (QED) is 0.626. The Bertz CT molecular complexity index is 678. The summed E-state index contributed by atoms with van der Waals surface area (Å²) in [6.45, 7) is 3.57. The van der Waals surface area contributed by atoms with Gasteiger partial charge in [-0.05, 0) is 31.2 Å². The van der Waals surface area contributed by atoms with Gasteiger partial charge in [-0.25, -0.2) is 4.79 Å². The van der Waals surface area contributed by atoms with Crippen molar-refractivity contribution in [1.29, 1.82) is 0 Å². The summed E-state index contributed by atoms with van der Waals surface area (Å²) in [4.78, 5) is 23.4. The highest BCUT2D eigenvalue weighted by Gasteiger charge is 2.17. The summed E-state index contributed by atoms with van der Waals surface area (Å²) in [6, 6.07) is 13.3. The Labute approximate surface area is 128 Å². The SMILES string of the molecule is CCOc1ccccc1OC(=O)c1ccccc1OC(C)=O. The zero-order chi connectivity index (χ0) is 15.9. The number of para-hydroxylation sites is 3. The van der Waals surface area contributed by atoms with Crippen molar-refractivity contribution in [2.24, 2.45) is 0 Å². The number of hydrogen-bond acceptors (Lipinski definition) is 5. The van der Waals surface area contributed by atoms with Crippen molar-refractivity contribution in [1.82, 2.24) is 0 Å². The number of benzene rings is 2. The molecule has 0 saturated heterocycles. The van der Waals surface area contributed by atoms with Crippen LogP contribution in [0.5, 0.6) is 17.2 Å². The lowest BCUT2D eigenvalue weighted by Crippen LogP contribution is -2.13. The van der Waals surface area contributed by atoms with Crippen LogP contribution in [0.4, 0.5) is 0 Å². The molecule has 0 N–H and O–H groups in total. The molecule has 0 unspecified atom stereocenters. The van der Waals surface area contributed by atoms with Crippen LogP contribution >= 0.6 is 0 Å². The van der Waals surface area contributed by atoms with E-state index in [2.05, 4.69) is 0 Å². The Morgan fingerprint density at radius 1 is 0.864 bits per heavy atom. The van der Waals surface area contributed by atoms with Crippen LogP contribution in [0.3, 0.4) is 0 Å². The molecule has 114 valence electrons. The molecule has 0 amide bonds. The lowest BCUT2D eigenvalue weighted by Gasteiger charge is -2.11. The molecule has 5 heteroatoms. The molecule has 0 aliphatic rings. The highest BCUT2D eigenvalue weighted by Crippen LogP contribution is 2.28. The second kappa shape index (κ2) is 7.26. The van der Waals surface area contributed by atoms with Crippen molar-refractivity contribution < 1.29 is 23.8 Å². The molecule has 0 aliphatic heterocycles. The highest BCUT2D eigenvalue weighted by atomic mass is 16.6. The normalized spacial score (nSPS) is 9.91. The fraction of sp³-hybridized carbons (Fsp3) is 0.176. The molecule has 22 heavy (non-hydrogen) atoms. The predicted octanol–water partition coefficient (Wildman–Crippen LogP) is 3.23. The molecular formula is C17H16O5. The second-order valence-corrected chi connectivity index (χ2v) is 4.36. The maximum atomic E-state index is 12.3. The minimum absolute atomic E-state index is 0.161. The highest BCUT2D eigenvalue weighted by molar-refractivity contribution is 5.95. The van der Waals surface area contributed by atoms with E-state index in [9.17, 15) is 9.59 Å². The first-order valence-electron chi connectivity index (χ1n) is 6.83. The number of rotatable bonds is 5. The van der Waals surface area contributed by atoms with Crippen molar-refractivity contribution in [3.05, 3.63) is 54.1 Å². The van der Waals surface area contributed by atoms with Crippen molar-refractivity contribution in [2.75, 3.05) is 6.61 Å². The molecule has 0 aliphatic carbocycles. The maximum Gasteiger partial charge on any atom is 0.347 e. The lowest BCUT2D eigenvalue weighted by molar-refractivity contribution is -0.131. The van der Waals surface area contributed by atoms with Crippen LogP contribution in [0.15, 0.2) is 48.5 Å². The molecule has 0 heterocycles. The molecule has 0 atom stereocenters. The van der Waals surface area contributed by atoms with Crippen LogP contribution in [0.1, 0.15) is 24.2 Å². The topological polar surface area (TPSA) is 61.8 Å². The van der Waals surface area contributed by atoms with Gasteiger partial charge in [-0.2, -0.15) is 0 Å². The number of carbonyl (C=O) groups excluding carboxylic acids is 2. The molecular weight excluding hydrogens is 284 g/mol. The molecule has 0 aromatic heterocycles. The van der Waals surface area contributed by atoms with Crippen molar-refractivity contribution in [3.63, 3.8) is 0 Å². The van der Waals surface area contributed by atoms with Gasteiger partial charge in [0.15, 0.2) is 11.5 Å². The van der Waals surface area contributed by atoms with E-state index in [-0.39, 0.29) is 11.3 Å². The smallest absolute Gasteiger partial charge is 0.347 e. The van der Waals surface area contributed by atoms with Crippen LogP contribution in [-0.2, 0) is 4.79 Å². The Balaban J connectivity index is 2.25. The lowest BCUT2D eigenvalue weighted by atomic mass is 10.2. The maximum absolute atomic E-state index is 12.3. The average Bonchev–Trinajstić information content (AvgIpc) is 2.49. The van der Waals surface area contributed by atoms with Gasteiger partial charge >= 0.3 is 11.9 Å². The van der Waals surface area contributed by atoms with E-state index in [4.69, 9.17) is 14.2 Å². The van der Waals surface area contributed by atoms with Gasteiger partial charge < -0.3 is 14.2 Å². The third-order valence-electron chi connectivity index (χ3n) is 2.71. The average molecular weight is 300 g/mol. The van der Waals surface area contributed by atoms with E-state index in [0.29, 0.717) is 18.1 Å². The summed E-state index contributed by atoms with van der Waals surface area (Å²) in [6.07, 6.45) is 0. The largest absolute Gasteiger partial charge is 0.490 e. The Morgan fingerprint density at radius 3 is 2.09 bits per heavy atom. The molecule has 2 aromatic rings. The van der Waals surface area contributed by atoms with E-state index >= 15 is 0 Å². The van der Waals surface area contributed by atoms with Crippen LogP contribution in [0, 0.1) is 0 Å². The summed E-state index contributed by atoms with van der Waals surface area (Å²) in [5, 5.41) is 0. The van der Waals surface area contributed by atoms with E-state index < -0.39 is 11.9 Å². The number of ether oxygens (including phenoxy) is 3. The molecule has 0 spiro atoms. The monoisotopic (exact) mass is 300 g/mol. The Kier molecular flexibility index (Phi) is 5.14.